The van der Waals surface area contributed by atoms with E-state index < -0.39 is 0 Å². The highest BCUT2D eigenvalue weighted by Gasteiger charge is 2.23. The predicted octanol–water partition coefficient (Wildman–Crippen LogP) is 3.52. The maximum absolute atomic E-state index is 5.16. The third-order valence-electron chi connectivity index (χ3n) is 2.98. The smallest absolute Gasteiger partial charge is 0.136 e. The fraction of sp³-hybridized carbons (Fsp3) is 0.750. The number of methoxy groups -OCH3 is 1. The number of nitrogens with one attached hydrogen (secondary N) is 1. The Morgan fingerprint density at radius 1 is 1.10 bits per heavy atom. The number of hydrogen-bond acceptors (Lipinski definition) is 4. The van der Waals surface area contributed by atoms with E-state index in [1.54, 1.807) is 7.11 Å². The zero-order valence-corrected chi connectivity index (χ0v) is 14.2. The Hall–Kier alpha value is -1.16. The lowest BCUT2D eigenvalue weighted by Crippen LogP contribution is -2.26. The minimum Gasteiger partial charge on any atom is -0.383 e. The molecule has 1 rings (SSSR count). The molecule has 0 aliphatic carbocycles. The SMILES string of the molecule is COCC(C)Nc1cc(C(C)(C)C)nc(C(C)(C)C)n1. The van der Waals surface area contributed by atoms with Gasteiger partial charge in [0.1, 0.15) is 11.6 Å². The number of hydrogen-bond donors (Lipinski definition) is 1. The maximum atomic E-state index is 5.16. The van der Waals surface area contributed by atoms with Gasteiger partial charge in [0.05, 0.1) is 12.3 Å². The molecule has 1 N–H and O–H groups in total. The van der Waals surface area contributed by atoms with Crippen molar-refractivity contribution in [2.24, 2.45) is 0 Å². The van der Waals surface area contributed by atoms with Crippen molar-refractivity contribution in [3.63, 3.8) is 0 Å². The van der Waals surface area contributed by atoms with Crippen LogP contribution in [0.4, 0.5) is 5.82 Å². The Labute approximate surface area is 123 Å². The summed E-state index contributed by atoms with van der Waals surface area (Å²) in [6.07, 6.45) is 0. The van der Waals surface area contributed by atoms with E-state index in [0.29, 0.717) is 6.61 Å². The summed E-state index contributed by atoms with van der Waals surface area (Å²) in [7, 11) is 1.71. The summed E-state index contributed by atoms with van der Waals surface area (Å²) in [4.78, 5) is 9.41. The van der Waals surface area contributed by atoms with Gasteiger partial charge in [-0.1, -0.05) is 41.5 Å². The van der Waals surface area contributed by atoms with E-state index in [-0.39, 0.29) is 16.9 Å². The van der Waals surface area contributed by atoms with Crippen molar-refractivity contribution in [2.45, 2.75) is 65.3 Å². The molecule has 0 aliphatic heterocycles. The van der Waals surface area contributed by atoms with Crippen LogP contribution in [0.1, 0.15) is 60.0 Å². The summed E-state index contributed by atoms with van der Waals surface area (Å²) in [5, 5.41) is 3.39. The average molecular weight is 279 g/mol. The average Bonchev–Trinajstić information content (AvgIpc) is 2.26. The summed E-state index contributed by atoms with van der Waals surface area (Å²) >= 11 is 0. The molecule has 0 aromatic carbocycles. The van der Waals surface area contributed by atoms with Crippen molar-refractivity contribution in [2.75, 3.05) is 19.0 Å². The van der Waals surface area contributed by atoms with Gasteiger partial charge >= 0.3 is 0 Å². The third-order valence-corrected chi connectivity index (χ3v) is 2.98. The molecule has 0 fully saturated rings. The molecule has 0 saturated heterocycles. The first-order valence-electron chi connectivity index (χ1n) is 7.19. The largest absolute Gasteiger partial charge is 0.383 e. The fourth-order valence-corrected chi connectivity index (χ4v) is 1.78. The van der Waals surface area contributed by atoms with Gasteiger partial charge in [-0.25, -0.2) is 9.97 Å². The summed E-state index contributed by atoms with van der Waals surface area (Å²) < 4.78 is 5.16. The molecule has 1 aromatic rings. The summed E-state index contributed by atoms with van der Waals surface area (Å²) in [5.41, 5.74) is 0.996. The van der Waals surface area contributed by atoms with Gasteiger partial charge in [0, 0.05) is 30.0 Å². The van der Waals surface area contributed by atoms with Gasteiger partial charge in [0.2, 0.25) is 0 Å². The van der Waals surface area contributed by atoms with Gasteiger partial charge in [0.15, 0.2) is 0 Å². The first-order valence-corrected chi connectivity index (χ1v) is 7.19. The first-order chi connectivity index (χ1) is 9.04. The van der Waals surface area contributed by atoms with Crippen LogP contribution >= 0.6 is 0 Å². The van der Waals surface area contributed by atoms with Crippen molar-refractivity contribution >= 4 is 5.82 Å². The lowest BCUT2D eigenvalue weighted by molar-refractivity contribution is 0.190. The van der Waals surface area contributed by atoms with Gasteiger partial charge in [-0.2, -0.15) is 0 Å². The van der Waals surface area contributed by atoms with Gasteiger partial charge < -0.3 is 10.1 Å². The molecular weight excluding hydrogens is 250 g/mol. The van der Waals surface area contributed by atoms with E-state index >= 15 is 0 Å². The molecule has 4 heteroatoms. The third kappa shape index (κ3) is 4.75. The first kappa shape index (κ1) is 16.9. The Morgan fingerprint density at radius 2 is 1.70 bits per heavy atom. The van der Waals surface area contributed by atoms with Crippen molar-refractivity contribution < 1.29 is 4.74 Å². The Balaban J connectivity index is 3.17. The molecule has 0 saturated carbocycles. The maximum Gasteiger partial charge on any atom is 0.136 e. The minimum atomic E-state index is -0.0673. The van der Waals surface area contributed by atoms with Gasteiger partial charge in [-0.05, 0) is 6.92 Å². The number of aromatic nitrogens is 2. The Bertz CT molecular complexity index is 412. The van der Waals surface area contributed by atoms with Gasteiger partial charge in [-0.3, -0.25) is 0 Å². The van der Waals surface area contributed by atoms with Crippen molar-refractivity contribution in [1.82, 2.24) is 9.97 Å². The molecule has 4 nitrogen and oxygen atoms in total. The summed E-state index contributed by atoms with van der Waals surface area (Å²) in [5.74, 6) is 1.75. The van der Waals surface area contributed by atoms with Crippen LogP contribution in [-0.2, 0) is 15.6 Å². The van der Waals surface area contributed by atoms with E-state index in [1.807, 2.05) is 6.07 Å². The lowest BCUT2D eigenvalue weighted by Gasteiger charge is -2.24. The Morgan fingerprint density at radius 3 is 2.15 bits per heavy atom. The molecule has 0 amide bonds. The highest BCUT2D eigenvalue weighted by molar-refractivity contribution is 5.39. The highest BCUT2D eigenvalue weighted by Crippen LogP contribution is 2.26. The van der Waals surface area contributed by atoms with E-state index in [9.17, 15) is 0 Å². The van der Waals surface area contributed by atoms with Crippen LogP contribution < -0.4 is 5.32 Å². The zero-order valence-electron chi connectivity index (χ0n) is 14.2. The normalized spacial score (nSPS) is 14.2. The topological polar surface area (TPSA) is 47.0 Å². The molecule has 1 unspecified atom stereocenters. The molecule has 0 aliphatic rings. The van der Waals surface area contributed by atoms with Gasteiger partial charge in [0.25, 0.3) is 0 Å². The molecule has 1 atom stereocenters. The van der Waals surface area contributed by atoms with E-state index in [0.717, 1.165) is 17.3 Å². The highest BCUT2D eigenvalue weighted by atomic mass is 16.5. The summed E-state index contributed by atoms with van der Waals surface area (Å²) in [6.45, 7) is 15.7. The summed E-state index contributed by atoms with van der Waals surface area (Å²) in [6, 6.07) is 2.26. The molecule has 0 spiro atoms. The molecule has 1 aromatic heterocycles. The predicted molar refractivity (Wildman–Crippen MR) is 84.4 cm³/mol. The number of rotatable bonds is 4. The standard InChI is InChI=1S/C16H29N3O/c1-11(10-20-8)17-13-9-12(15(2,3)4)18-14(19-13)16(5,6)7/h9,11H,10H2,1-8H3,(H,17,18,19). The van der Waals surface area contributed by atoms with Crippen LogP contribution in [-0.4, -0.2) is 29.7 Å². The van der Waals surface area contributed by atoms with E-state index in [1.165, 1.54) is 0 Å². The molecule has 20 heavy (non-hydrogen) atoms. The molecule has 114 valence electrons. The van der Waals surface area contributed by atoms with Crippen LogP contribution in [0, 0.1) is 0 Å². The number of nitrogens with zero attached hydrogens (tertiary/aromatic N) is 2. The second-order valence-electron chi connectivity index (χ2n) is 7.46. The molecule has 0 bridgehead atoms. The van der Waals surface area contributed by atoms with Crippen LogP contribution in [0.2, 0.25) is 0 Å². The Kier molecular flexibility index (Phi) is 5.14. The van der Waals surface area contributed by atoms with Gasteiger partial charge in [-0.15, -0.1) is 0 Å². The monoisotopic (exact) mass is 279 g/mol. The van der Waals surface area contributed by atoms with Crippen LogP contribution in [0.5, 0.6) is 0 Å². The van der Waals surface area contributed by atoms with Crippen molar-refractivity contribution in [3.05, 3.63) is 17.6 Å². The van der Waals surface area contributed by atoms with Crippen molar-refractivity contribution in [1.29, 1.82) is 0 Å². The quantitative estimate of drug-likeness (QED) is 0.916. The van der Waals surface area contributed by atoms with Crippen LogP contribution in [0.3, 0.4) is 0 Å². The molecular formula is C16H29N3O. The zero-order chi connectivity index (χ0) is 15.6. The number of ether oxygens (including phenoxy) is 1. The number of anilines is 1. The van der Waals surface area contributed by atoms with Crippen LogP contribution in [0.15, 0.2) is 6.07 Å². The molecule has 1 heterocycles. The second-order valence-corrected chi connectivity index (χ2v) is 7.46. The van der Waals surface area contributed by atoms with E-state index in [2.05, 4.69) is 58.8 Å². The minimum absolute atomic E-state index is 0.00383. The fourth-order valence-electron chi connectivity index (χ4n) is 1.78. The molecule has 0 radical (unpaired) electrons. The lowest BCUT2D eigenvalue weighted by atomic mass is 9.90. The second kappa shape index (κ2) is 6.08. The van der Waals surface area contributed by atoms with Crippen molar-refractivity contribution in [3.8, 4) is 0 Å². The van der Waals surface area contributed by atoms with E-state index in [4.69, 9.17) is 9.72 Å². The van der Waals surface area contributed by atoms with Crippen LogP contribution in [0.25, 0.3) is 0 Å².